The van der Waals surface area contributed by atoms with Crippen molar-refractivity contribution in [2.75, 3.05) is 0 Å². The summed E-state index contributed by atoms with van der Waals surface area (Å²) in [5, 5.41) is 10.7. The van der Waals surface area contributed by atoms with Crippen LogP contribution in [0.25, 0.3) is 0 Å². The molecule has 80 valence electrons. The van der Waals surface area contributed by atoms with Crippen LogP contribution >= 0.6 is 0 Å². The van der Waals surface area contributed by atoms with Gasteiger partial charge in [0, 0.05) is 17.8 Å². The predicted molar refractivity (Wildman–Crippen MR) is 58.4 cm³/mol. The maximum atomic E-state index is 10.7. The Morgan fingerprint density at radius 1 is 1.20 bits per heavy atom. The second-order valence-electron chi connectivity index (χ2n) is 4.21. The molecule has 1 saturated carbocycles. The molecule has 1 aromatic carbocycles. The van der Waals surface area contributed by atoms with Gasteiger partial charge in [-0.2, -0.15) is 0 Å². The Labute approximate surface area is 89.3 Å². The smallest absolute Gasteiger partial charge is 0.213 e. The molecule has 0 heterocycles. The Morgan fingerprint density at radius 2 is 1.93 bits per heavy atom. The van der Waals surface area contributed by atoms with Crippen molar-refractivity contribution in [3.05, 3.63) is 46.0 Å². The highest BCUT2D eigenvalue weighted by molar-refractivity contribution is 5.20. The normalized spacial score (nSPS) is 26.1. The van der Waals surface area contributed by atoms with Crippen LogP contribution < -0.4 is 0 Å². The fourth-order valence-corrected chi connectivity index (χ4v) is 2.38. The quantitative estimate of drug-likeness (QED) is 0.550. The monoisotopic (exact) mass is 205 g/mol. The van der Waals surface area contributed by atoms with Gasteiger partial charge in [-0.15, -0.1) is 0 Å². The molecule has 1 aliphatic rings. The van der Waals surface area contributed by atoms with E-state index in [9.17, 15) is 10.1 Å². The van der Waals surface area contributed by atoms with Crippen LogP contribution in [0.15, 0.2) is 30.3 Å². The van der Waals surface area contributed by atoms with Gasteiger partial charge in [-0.1, -0.05) is 30.3 Å². The van der Waals surface area contributed by atoms with Gasteiger partial charge in [0.15, 0.2) is 0 Å². The minimum atomic E-state index is -0.330. The average molecular weight is 205 g/mol. The summed E-state index contributed by atoms with van der Waals surface area (Å²) in [4.78, 5) is 10.6. The molecule has 1 aromatic rings. The van der Waals surface area contributed by atoms with E-state index in [4.69, 9.17) is 0 Å². The first-order valence-corrected chi connectivity index (χ1v) is 5.46. The topological polar surface area (TPSA) is 43.1 Å². The zero-order valence-electron chi connectivity index (χ0n) is 8.63. The Kier molecular flexibility index (Phi) is 2.99. The van der Waals surface area contributed by atoms with Gasteiger partial charge in [0.1, 0.15) is 0 Å². The molecule has 1 fully saturated rings. The molecule has 0 aliphatic heterocycles. The van der Waals surface area contributed by atoms with E-state index in [1.54, 1.807) is 0 Å². The van der Waals surface area contributed by atoms with Gasteiger partial charge >= 0.3 is 0 Å². The van der Waals surface area contributed by atoms with E-state index in [1.165, 1.54) is 5.56 Å². The van der Waals surface area contributed by atoms with Gasteiger partial charge in [0.25, 0.3) is 0 Å². The van der Waals surface area contributed by atoms with Crippen molar-refractivity contribution in [1.82, 2.24) is 0 Å². The van der Waals surface area contributed by atoms with Crippen LogP contribution in [0.3, 0.4) is 0 Å². The van der Waals surface area contributed by atoms with Gasteiger partial charge < -0.3 is 0 Å². The lowest BCUT2D eigenvalue weighted by molar-refractivity contribution is -0.526. The molecule has 0 spiro atoms. The average Bonchev–Trinajstić information content (AvgIpc) is 2.30. The van der Waals surface area contributed by atoms with E-state index in [1.807, 2.05) is 18.2 Å². The minimum absolute atomic E-state index is 0.116. The number of rotatable bonds is 2. The third kappa shape index (κ3) is 2.35. The Balaban J connectivity index is 2.08. The van der Waals surface area contributed by atoms with E-state index in [0.29, 0.717) is 12.3 Å². The molecule has 3 heteroatoms. The summed E-state index contributed by atoms with van der Waals surface area (Å²) in [6.07, 6.45) is 3.52. The summed E-state index contributed by atoms with van der Waals surface area (Å²) in [6.45, 7) is 0. The molecular formula is C12H15NO2. The number of nitrogens with zero attached hydrogens (tertiary/aromatic N) is 1. The second kappa shape index (κ2) is 4.43. The lowest BCUT2D eigenvalue weighted by Crippen LogP contribution is -2.26. The highest BCUT2D eigenvalue weighted by Crippen LogP contribution is 2.33. The van der Waals surface area contributed by atoms with Crippen LogP contribution in [-0.4, -0.2) is 11.0 Å². The highest BCUT2D eigenvalue weighted by Gasteiger charge is 2.29. The molecule has 0 saturated heterocycles. The van der Waals surface area contributed by atoms with Crippen molar-refractivity contribution >= 4 is 0 Å². The summed E-state index contributed by atoms with van der Waals surface area (Å²) < 4.78 is 0. The summed E-state index contributed by atoms with van der Waals surface area (Å²) in [6, 6.07) is 9.82. The summed E-state index contributed by atoms with van der Waals surface area (Å²) in [7, 11) is 0. The molecule has 0 amide bonds. The van der Waals surface area contributed by atoms with Crippen LogP contribution in [0.5, 0.6) is 0 Å². The van der Waals surface area contributed by atoms with Crippen molar-refractivity contribution < 1.29 is 4.92 Å². The lowest BCUT2D eigenvalue weighted by atomic mass is 9.82. The number of nitro groups is 1. The molecule has 3 nitrogen and oxygen atoms in total. The predicted octanol–water partition coefficient (Wildman–Crippen LogP) is 2.99. The van der Waals surface area contributed by atoms with Crippen LogP contribution in [0.2, 0.25) is 0 Å². The minimum Gasteiger partial charge on any atom is -0.264 e. The Hall–Kier alpha value is -1.38. The molecule has 15 heavy (non-hydrogen) atoms. The van der Waals surface area contributed by atoms with Gasteiger partial charge in [0.2, 0.25) is 6.04 Å². The first-order chi connectivity index (χ1) is 7.27. The Morgan fingerprint density at radius 3 is 2.60 bits per heavy atom. The van der Waals surface area contributed by atoms with Crippen molar-refractivity contribution in [2.24, 2.45) is 0 Å². The van der Waals surface area contributed by atoms with Crippen LogP contribution in [0.4, 0.5) is 0 Å². The highest BCUT2D eigenvalue weighted by atomic mass is 16.6. The van der Waals surface area contributed by atoms with Crippen molar-refractivity contribution in [1.29, 1.82) is 0 Å². The third-order valence-electron chi connectivity index (χ3n) is 3.22. The molecular weight excluding hydrogens is 190 g/mol. The van der Waals surface area contributed by atoms with E-state index < -0.39 is 0 Å². The summed E-state index contributed by atoms with van der Waals surface area (Å²) in [5.74, 6) is 0.385. The maximum Gasteiger partial charge on any atom is 0.213 e. The SMILES string of the molecule is O=[N+]([O-])C1CCCC(c2ccccc2)C1. The molecule has 0 N–H and O–H groups in total. The van der Waals surface area contributed by atoms with Crippen molar-refractivity contribution in [2.45, 2.75) is 37.6 Å². The van der Waals surface area contributed by atoms with Gasteiger partial charge in [0.05, 0.1) is 0 Å². The Bertz CT molecular complexity index is 337. The molecule has 2 unspecified atom stereocenters. The van der Waals surface area contributed by atoms with Crippen LogP contribution in [0.1, 0.15) is 37.2 Å². The first-order valence-electron chi connectivity index (χ1n) is 5.46. The van der Waals surface area contributed by atoms with Gasteiger partial charge in [-0.25, -0.2) is 0 Å². The van der Waals surface area contributed by atoms with Crippen molar-refractivity contribution in [3.63, 3.8) is 0 Å². The van der Waals surface area contributed by atoms with Gasteiger partial charge in [-0.05, 0) is 24.3 Å². The van der Waals surface area contributed by atoms with Crippen molar-refractivity contribution in [3.8, 4) is 0 Å². The number of hydrogen-bond donors (Lipinski definition) is 0. The van der Waals surface area contributed by atoms with E-state index >= 15 is 0 Å². The molecule has 2 atom stereocenters. The van der Waals surface area contributed by atoms with E-state index in [-0.39, 0.29) is 11.0 Å². The second-order valence-corrected chi connectivity index (χ2v) is 4.21. The maximum absolute atomic E-state index is 10.7. The largest absolute Gasteiger partial charge is 0.264 e. The zero-order valence-corrected chi connectivity index (χ0v) is 8.63. The first kappa shape index (κ1) is 10.1. The summed E-state index contributed by atoms with van der Waals surface area (Å²) in [5.41, 5.74) is 1.25. The van der Waals surface area contributed by atoms with Crippen LogP contribution in [-0.2, 0) is 0 Å². The van der Waals surface area contributed by atoms with Gasteiger partial charge in [-0.3, -0.25) is 10.1 Å². The standard InChI is InChI=1S/C12H15NO2/c14-13(15)12-8-4-7-11(9-12)10-5-2-1-3-6-10/h1-3,5-6,11-12H,4,7-9H2. The van der Waals surface area contributed by atoms with Crippen LogP contribution in [0, 0.1) is 10.1 Å². The molecule has 0 radical (unpaired) electrons. The summed E-state index contributed by atoms with van der Waals surface area (Å²) >= 11 is 0. The fraction of sp³-hybridized carbons (Fsp3) is 0.500. The molecule has 0 aromatic heterocycles. The van der Waals surface area contributed by atoms with E-state index in [2.05, 4.69) is 12.1 Å². The number of benzene rings is 1. The molecule has 0 bridgehead atoms. The molecule has 2 rings (SSSR count). The lowest BCUT2D eigenvalue weighted by Gasteiger charge is -2.24. The zero-order chi connectivity index (χ0) is 10.7. The number of hydrogen-bond acceptors (Lipinski definition) is 2. The fourth-order valence-electron chi connectivity index (χ4n) is 2.38. The van der Waals surface area contributed by atoms with E-state index in [0.717, 1.165) is 19.3 Å². The molecule has 1 aliphatic carbocycles. The third-order valence-corrected chi connectivity index (χ3v) is 3.22.